The van der Waals surface area contributed by atoms with Gasteiger partial charge < -0.3 is 14.5 Å². The smallest absolute Gasteiger partial charge is 0.253 e. The predicted octanol–water partition coefficient (Wildman–Crippen LogP) is 2.37. The van der Waals surface area contributed by atoms with Crippen LogP contribution in [0.1, 0.15) is 52.5 Å². The number of ether oxygens (including phenoxy) is 1. The first-order valence-corrected chi connectivity index (χ1v) is 9.29. The summed E-state index contributed by atoms with van der Waals surface area (Å²) in [6, 6.07) is -0.100. The predicted molar refractivity (Wildman–Crippen MR) is 96.3 cm³/mol. The van der Waals surface area contributed by atoms with Gasteiger partial charge in [0, 0.05) is 32.4 Å². The molecular formula is C18H29N5O2. The van der Waals surface area contributed by atoms with Crippen molar-refractivity contribution in [3.05, 3.63) is 17.6 Å². The second-order valence-electron chi connectivity index (χ2n) is 6.95. The van der Waals surface area contributed by atoms with Crippen LogP contribution < -0.4 is 4.90 Å². The molecule has 0 N–H and O–H groups in total. The molecule has 1 saturated heterocycles. The molecule has 7 heteroatoms. The Bertz CT molecular complexity index is 654. The number of allylic oxidation sites excluding steroid dienone is 1. The number of rotatable bonds is 4. The summed E-state index contributed by atoms with van der Waals surface area (Å²) in [5, 5.41) is 4.30. The molecule has 0 radical (unpaired) electrons. The van der Waals surface area contributed by atoms with Crippen molar-refractivity contribution >= 4 is 11.9 Å². The molecule has 0 spiro atoms. The van der Waals surface area contributed by atoms with Crippen LogP contribution in [0.4, 0.5) is 5.95 Å². The fraction of sp³-hybridized carbons (Fsp3) is 0.722. The fourth-order valence-electron chi connectivity index (χ4n) is 3.74. The number of fused-ring (bicyclic) bond motifs is 1. The van der Waals surface area contributed by atoms with Gasteiger partial charge in [0.2, 0.25) is 5.95 Å². The summed E-state index contributed by atoms with van der Waals surface area (Å²) in [6.07, 6.45) is 5.80. The Hall–Kier alpha value is -1.89. The molecule has 0 unspecified atom stereocenters. The van der Waals surface area contributed by atoms with Crippen molar-refractivity contribution in [2.45, 2.75) is 58.6 Å². The van der Waals surface area contributed by atoms with Crippen LogP contribution in [-0.2, 0) is 9.53 Å². The number of aromatic nitrogens is 3. The van der Waals surface area contributed by atoms with Gasteiger partial charge in [-0.2, -0.15) is 10.1 Å². The van der Waals surface area contributed by atoms with Crippen molar-refractivity contribution in [1.29, 1.82) is 0 Å². The molecule has 1 aromatic rings. The molecule has 2 atom stereocenters. The van der Waals surface area contributed by atoms with Gasteiger partial charge >= 0.3 is 0 Å². The summed E-state index contributed by atoms with van der Waals surface area (Å²) in [4.78, 5) is 21.5. The summed E-state index contributed by atoms with van der Waals surface area (Å²) in [6.45, 7) is 8.49. The molecule has 25 heavy (non-hydrogen) atoms. The van der Waals surface area contributed by atoms with Crippen molar-refractivity contribution < 1.29 is 9.53 Å². The second kappa shape index (κ2) is 7.56. The number of nitrogens with zero attached hydrogens (tertiary/aromatic N) is 5. The third-order valence-corrected chi connectivity index (χ3v) is 5.28. The normalized spacial score (nSPS) is 24.3. The van der Waals surface area contributed by atoms with E-state index in [4.69, 9.17) is 4.74 Å². The molecule has 2 aliphatic rings. The maximum absolute atomic E-state index is 13.3. The third kappa shape index (κ3) is 3.42. The number of carbonyl (C=O) groups excluding carboxylic acids is 1. The van der Waals surface area contributed by atoms with E-state index in [1.807, 2.05) is 35.4 Å². The Labute approximate surface area is 149 Å². The lowest BCUT2D eigenvalue weighted by atomic mass is 10.0. The molecule has 0 saturated carbocycles. The molecule has 0 aromatic carbocycles. The standard InChI is InChI=1S/C18H29N5O2/c1-5-11-25-15-7-6-9-22(10-8-15)17(24)16-13(2)21(4)18-19-12-20-23(18)14(16)3/h12,14-15H,5-11H2,1-4H3/t14-,15-/m1/s1. The van der Waals surface area contributed by atoms with Gasteiger partial charge in [0.25, 0.3) is 5.91 Å². The highest BCUT2D eigenvalue weighted by atomic mass is 16.5. The molecule has 7 nitrogen and oxygen atoms in total. The van der Waals surface area contributed by atoms with Gasteiger partial charge in [-0.15, -0.1) is 0 Å². The highest BCUT2D eigenvalue weighted by Gasteiger charge is 2.34. The van der Waals surface area contributed by atoms with E-state index in [2.05, 4.69) is 17.0 Å². The Morgan fingerprint density at radius 1 is 1.36 bits per heavy atom. The number of amides is 1. The lowest BCUT2D eigenvalue weighted by molar-refractivity contribution is -0.127. The van der Waals surface area contributed by atoms with E-state index in [9.17, 15) is 4.79 Å². The van der Waals surface area contributed by atoms with E-state index in [1.54, 1.807) is 6.33 Å². The van der Waals surface area contributed by atoms with Gasteiger partial charge in [-0.1, -0.05) is 6.92 Å². The van der Waals surface area contributed by atoms with Gasteiger partial charge in [-0.3, -0.25) is 4.79 Å². The number of hydrogen-bond acceptors (Lipinski definition) is 5. The average molecular weight is 347 g/mol. The summed E-state index contributed by atoms with van der Waals surface area (Å²) >= 11 is 0. The van der Waals surface area contributed by atoms with Crippen molar-refractivity contribution in [3.8, 4) is 0 Å². The van der Waals surface area contributed by atoms with Gasteiger partial charge in [0.1, 0.15) is 6.33 Å². The van der Waals surface area contributed by atoms with Crippen LogP contribution >= 0.6 is 0 Å². The Balaban J connectivity index is 1.75. The van der Waals surface area contributed by atoms with Crippen LogP contribution in [0.25, 0.3) is 0 Å². The fourth-order valence-corrected chi connectivity index (χ4v) is 3.74. The molecule has 2 aliphatic heterocycles. The van der Waals surface area contributed by atoms with Crippen LogP contribution in [-0.4, -0.2) is 58.4 Å². The zero-order valence-electron chi connectivity index (χ0n) is 15.7. The van der Waals surface area contributed by atoms with Crippen LogP contribution in [0.5, 0.6) is 0 Å². The van der Waals surface area contributed by atoms with E-state index in [0.29, 0.717) is 0 Å². The quantitative estimate of drug-likeness (QED) is 0.837. The molecule has 3 rings (SSSR count). The second-order valence-corrected chi connectivity index (χ2v) is 6.95. The summed E-state index contributed by atoms with van der Waals surface area (Å²) in [5.41, 5.74) is 1.77. The molecule has 1 aromatic heterocycles. The minimum Gasteiger partial charge on any atom is -0.378 e. The summed E-state index contributed by atoms with van der Waals surface area (Å²) < 4.78 is 7.73. The average Bonchev–Trinajstić information content (AvgIpc) is 2.98. The number of carbonyl (C=O) groups is 1. The lowest BCUT2D eigenvalue weighted by Gasteiger charge is -2.34. The van der Waals surface area contributed by atoms with E-state index in [-0.39, 0.29) is 18.1 Å². The molecule has 0 aliphatic carbocycles. The largest absolute Gasteiger partial charge is 0.378 e. The SMILES string of the molecule is CCCO[C@@H]1CCCN(C(=O)C2=C(C)N(C)c3ncnn3[C@@H]2C)CC1. The minimum atomic E-state index is -0.100. The molecule has 1 fully saturated rings. The van der Waals surface area contributed by atoms with Crippen LogP contribution in [0, 0.1) is 0 Å². The first-order chi connectivity index (χ1) is 12.0. The van der Waals surface area contributed by atoms with Crippen LogP contribution in [0.3, 0.4) is 0 Å². The van der Waals surface area contributed by atoms with Crippen LogP contribution in [0.15, 0.2) is 17.6 Å². The van der Waals surface area contributed by atoms with Crippen LogP contribution in [0.2, 0.25) is 0 Å². The monoisotopic (exact) mass is 347 g/mol. The van der Waals surface area contributed by atoms with E-state index in [1.165, 1.54) is 0 Å². The first kappa shape index (κ1) is 17.9. The van der Waals surface area contributed by atoms with Crippen molar-refractivity contribution in [2.24, 2.45) is 0 Å². The number of hydrogen-bond donors (Lipinski definition) is 0. The Kier molecular flexibility index (Phi) is 5.42. The van der Waals surface area contributed by atoms with E-state index < -0.39 is 0 Å². The van der Waals surface area contributed by atoms with Crippen molar-refractivity contribution in [2.75, 3.05) is 31.6 Å². The Morgan fingerprint density at radius 3 is 2.92 bits per heavy atom. The van der Waals surface area contributed by atoms with E-state index in [0.717, 1.165) is 62.6 Å². The highest BCUT2D eigenvalue weighted by Crippen LogP contribution is 2.33. The van der Waals surface area contributed by atoms with Gasteiger partial charge in [0.05, 0.1) is 17.7 Å². The maximum atomic E-state index is 13.3. The minimum absolute atomic E-state index is 0.100. The first-order valence-electron chi connectivity index (χ1n) is 9.29. The number of likely N-dealkylation sites (tertiary alicyclic amines) is 1. The Morgan fingerprint density at radius 2 is 2.16 bits per heavy atom. The van der Waals surface area contributed by atoms with E-state index >= 15 is 0 Å². The number of anilines is 1. The molecular weight excluding hydrogens is 318 g/mol. The molecule has 0 bridgehead atoms. The van der Waals surface area contributed by atoms with Gasteiger partial charge in [0.15, 0.2) is 0 Å². The maximum Gasteiger partial charge on any atom is 0.253 e. The van der Waals surface area contributed by atoms with Crippen molar-refractivity contribution in [1.82, 2.24) is 19.7 Å². The zero-order chi connectivity index (χ0) is 18.0. The highest BCUT2D eigenvalue weighted by molar-refractivity contribution is 5.96. The van der Waals surface area contributed by atoms with Gasteiger partial charge in [-0.05, 0) is 39.5 Å². The van der Waals surface area contributed by atoms with Gasteiger partial charge in [-0.25, -0.2) is 4.68 Å². The topological polar surface area (TPSA) is 63.5 Å². The molecule has 138 valence electrons. The third-order valence-electron chi connectivity index (χ3n) is 5.28. The lowest BCUT2D eigenvalue weighted by Crippen LogP contribution is -2.40. The summed E-state index contributed by atoms with van der Waals surface area (Å²) in [5.74, 6) is 0.902. The molecule has 1 amide bonds. The zero-order valence-corrected chi connectivity index (χ0v) is 15.7. The molecule has 3 heterocycles. The summed E-state index contributed by atoms with van der Waals surface area (Å²) in [7, 11) is 1.94. The van der Waals surface area contributed by atoms with Crippen molar-refractivity contribution in [3.63, 3.8) is 0 Å².